The average Bonchev–Trinajstić information content (AvgIpc) is 2.62. The number of hydrogen-bond acceptors (Lipinski definition) is 6. The van der Waals surface area contributed by atoms with E-state index in [1.807, 2.05) is 0 Å². The number of rotatable bonds is 7. The monoisotopic (exact) mass is 336 g/mol. The number of pyridine rings is 1. The molecule has 0 aromatic carbocycles. The number of nitrogens with one attached hydrogen (secondary N) is 1. The number of aromatic nitrogens is 1. The van der Waals surface area contributed by atoms with Gasteiger partial charge in [-0.2, -0.15) is 0 Å². The van der Waals surface area contributed by atoms with Crippen LogP contribution in [0, 0.1) is 0 Å². The zero-order chi connectivity index (χ0) is 17.4. The molecule has 0 unspecified atom stereocenters. The van der Waals surface area contributed by atoms with Crippen LogP contribution in [0.4, 0.5) is 0 Å². The summed E-state index contributed by atoms with van der Waals surface area (Å²) in [5.74, 6) is -0.374. The lowest BCUT2D eigenvalue weighted by Crippen LogP contribution is -2.49. The van der Waals surface area contributed by atoms with E-state index < -0.39 is 0 Å². The van der Waals surface area contributed by atoms with Gasteiger partial charge in [0.25, 0.3) is 11.8 Å². The predicted octanol–water partition coefficient (Wildman–Crippen LogP) is -0.792. The summed E-state index contributed by atoms with van der Waals surface area (Å²) in [6, 6.07) is 3.18. The normalized spacial score (nSPS) is 15.3. The number of hydrogen-bond donors (Lipinski definition) is 2. The van der Waals surface area contributed by atoms with Crippen LogP contribution in [-0.2, 0) is 4.74 Å². The third kappa shape index (κ3) is 4.98. The number of carbonyl (C=O) groups excluding carboxylic acids is 2. The lowest BCUT2D eigenvalue weighted by molar-refractivity contribution is 0.0609. The van der Waals surface area contributed by atoms with E-state index in [2.05, 4.69) is 15.2 Å². The molecule has 8 nitrogen and oxygen atoms in total. The van der Waals surface area contributed by atoms with Crippen molar-refractivity contribution in [1.29, 1.82) is 0 Å². The molecule has 8 heteroatoms. The minimum Gasteiger partial charge on any atom is -0.395 e. The SMILES string of the molecule is COCCNC(=O)c1ccc(C(=O)N2CCN(CCO)CC2)nc1. The van der Waals surface area contributed by atoms with Crippen molar-refractivity contribution < 1.29 is 19.4 Å². The van der Waals surface area contributed by atoms with Gasteiger partial charge in [0.15, 0.2) is 0 Å². The average molecular weight is 336 g/mol. The van der Waals surface area contributed by atoms with Gasteiger partial charge >= 0.3 is 0 Å². The van der Waals surface area contributed by atoms with Gasteiger partial charge in [-0.1, -0.05) is 0 Å². The van der Waals surface area contributed by atoms with Crippen molar-refractivity contribution >= 4 is 11.8 Å². The smallest absolute Gasteiger partial charge is 0.272 e. The van der Waals surface area contributed by atoms with E-state index in [0.29, 0.717) is 44.0 Å². The Labute approximate surface area is 141 Å². The molecular formula is C16H24N4O4. The van der Waals surface area contributed by atoms with Crippen LogP contribution in [0.3, 0.4) is 0 Å². The van der Waals surface area contributed by atoms with Crippen molar-refractivity contribution in [3.8, 4) is 0 Å². The number of β-amino-alcohol motifs (C(OH)–C–C–N with tert-alkyl or cyclic N) is 1. The van der Waals surface area contributed by atoms with Crippen LogP contribution in [0.25, 0.3) is 0 Å². The first-order valence-corrected chi connectivity index (χ1v) is 8.01. The summed E-state index contributed by atoms with van der Waals surface area (Å²) in [5.41, 5.74) is 0.745. The van der Waals surface area contributed by atoms with Crippen molar-refractivity contribution in [2.24, 2.45) is 0 Å². The summed E-state index contributed by atoms with van der Waals surface area (Å²) >= 11 is 0. The molecule has 2 amide bonds. The summed E-state index contributed by atoms with van der Waals surface area (Å²) in [6.45, 7) is 4.33. The van der Waals surface area contributed by atoms with Gasteiger partial charge in [-0.05, 0) is 12.1 Å². The fraction of sp³-hybridized carbons (Fsp3) is 0.562. The van der Waals surface area contributed by atoms with Crippen molar-refractivity contribution in [3.05, 3.63) is 29.6 Å². The molecule has 0 saturated carbocycles. The lowest BCUT2D eigenvalue weighted by atomic mass is 10.2. The first-order chi connectivity index (χ1) is 11.7. The Kier molecular flexibility index (Phi) is 7.10. The van der Waals surface area contributed by atoms with Crippen molar-refractivity contribution in [3.63, 3.8) is 0 Å². The molecule has 0 aliphatic carbocycles. The molecule has 1 fully saturated rings. The minimum atomic E-state index is -0.240. The maximum atomic E-state index is 12.4. The molecule has 1 saturated heterocycles. The van der Waals surface area contributed by atoms with Gasteiger partial charge in [0.05, 0.1) is 18.8 Å². The van der Waals surface area contributed by atoms with Crippen LogP contribution in [0.2, 0.25) is 0 Å². The van der Waals surface area contributed by atoms with E-state index in [-0.39, 0.29) is 18.4 Å². The molecule has 1 aliphatic rings. The maximum Gasteiger partial charge on any atom is 0.272 e. The molecule has 0 spiro atoms. The second kappa shape index (κ2) is 9.31. The third-order valence-corrected chi connectivity index (χ3v) is 3.91. The van der Waals surface area contributed by atoms with E-state index >= 15 is 0 Å². The second-order valence-electron chi connectivity index (χ2n) is 5.54. The highest BCUT2D eigenvalue weighted by atomic mass is 16.5. The van der Waals surface area contributed by atoms with Crippen molar-refractivity contribution in [2.75, 3.05) is 59.6 Å². The number of nitrogens with zero attached hydrogens (tertiary/aromatic N) is 3. The van der Waals surface area contributed by atoms with Crippen LogP contribution < -0.4 is 5.32 Å². The predicted molar refractivity (Wildman–Crippen MR) is 87.9 cm³/mol. The van der Waals surface area contributed by atoms with Crippen LogP contribution in [0.1, 0.15) is 20.8 Å². The Morgan fingerprint density at radius 3 is 2.62 bits per heavy atom. The molecule has 1 aromatic heterocycles. The van der Waals surface area contributed by atoms with Crippen LogP contribution >= 0.6 is 0 Å². The number of aliphatic hydroxyl groups excluding tert-OH is 1. The largest absolute Gasteiger partial charge is 0.395 e. The van der Waals surface area contributed by atoms with Crippen LogP contribution in [0.15, 0.2) is 18.3 Å². The summed E-state index contributed by atoms with van der Waals surface area (Å²) in [7, 11) is 1.57. The van der Waals surface area contributed by atoms with Gasteiger partial charge in [-0.25, -0.2) is 0 Å². The molecule has 1 aliphatic heterocycles. The topological polar surface area (TPSA) is 95.0 Å². The number of carbonyl (C=O) groups is 2. The molecule has 0 bridgehead atoms. The first-order valence-electron chi connectivity index (χ1n) is 8.01. The molecule has 2 rings (SSSR count). The van der Waals surface area contributed by atoms with Gasteiger partial charge in [0.1, 0.15) is 5.69 Å². The molecule has 2 N–H and O–H groups in total. The second-order valence-corrected chi connectivity index (χ2v) is 5.54. The summed E-state index contributed by atoms with van der Waals surface area (Å²) in [6.07, 6.45) is 1.41. The highest BCUT2D eigenvalue weighted by Gasteiger charge is 2.22. The van der Waals surface area contributed by atoms with E-state index in [4.69, 9.17) is 9.84 Å². The van der Waals surface area contributed by atoms with E-state index in [0.717, 1.165) is 13.1 Å². The highest BCUT2D eigenvalue weighted by Crippen LogP contribution is 2.08. The molecule has 2 heterocycles. The van der Waals surface area contributed by atoms with E-state index in [1.54, 1.807) is 24.1 Å². The Morgan fingerprint density at radius 2 is 2.04 bits per heavy atom. The van der Waals surface area contributed by atoms with E-state index in [1.165, 1.54) is 6.20 Å². The molecular weight excluding hydrogens is 312 g/mol. The maximum absolute atomic E-state index is 12.4. The minimum absolute atomic E-state index is 0.128. The Morgan fingerprint density at radius 1 is 1.29 bits per heavy atom. The van der Waals surface area contributed by atoms with Gasteiger partial charge in [-0.15, -0.1) is 0 Å². The Balaban J connectivity index is 1.88. The van der Waals surface area contributed by atoms with Gasteiger partial charge in [0.2, 0.25) is 0 Å². The lowest BCUT2D eigenvalue weighted by Gasteiger charge is -2.34. The zero-order valence-corrected chi connectivity index (χ0v) is 13.9. The Hall–Kier alpha value is -2.03. The van der Waals surface area contributed by atoms with Crippen LogP contribution in [0.5, 0.6) is 0 Å². The summed E-state index contributed by atoms with van der Waals surface area (Å²) in [5, 5.41) is 11.6. The number of methoxy groups -OCH3 is 1. The van der Waals surface area contributed by atoms with Crippen LogP contribution in [-0.4, -0.2) is 91.3 Å². The standard InChI is InChI=1S/C16H24N4O4/c1-24-11-4-17-15(22)13-2-3-14(18-12-13)16(23)20-7-5-19(6-8-20)9-10-21/h2-3,12,21H,4-11H2,1H3,(H,17,22). The fourth-order valence-electron chi connectivity index (χ4n) is 2.50. The third-order valence-electron chi connectivity index (χ3n) is 3.91. The fourth-order valence-corrected chi connectivity index (χ4v) is 2.50. The Bertz CT molecular complexity index is 542. The summed E-state index contributed by atoms with van der Waals surface area (Å²) in [4.78, 5) is 32.3. The van der Waals surface area contributed by atoms with Crippen molar-refractivity contribution in [2.45, 2.75) is 0 Å². The first kappa shape index (κ1) is 18.3. The molecule has 1 aromatic rings. The molecule has 24 heavy (non-hydrogen) atoms. The number of ether oxygens (including phenoxy) is 1. The zero-order valence-electron chi connectivity index (χ0n) is 13.9. The van der Waals surface area contributed by atoms with Gasteiger partial charge in [0, 0.05) is 52.6 Å². The molecule has 0 atom stereocenters. The number of amides is 2. The molecule has 0 radical (unpaired) electrons. The highest BCUT2D eigenvalue weighted by molar-refractivity contribution is 5.96. The van der Waals surface area contributed by atoms with Gasteiger partial charge in [-0.3, -0.25) is 19.5 Å². The summed E-state index contributed by atoms with van der Waals surface area (Å²) < 4.78 is 4.87. The van der Waals surface area contributed by atoms with E-state index in [9.17, 15) is 9.59 Å². The number of aliphatic hydroxyl groups is 1. The number of piperazine rings is 1. The van der Waals surface area contributed by atoms with Gasteiger partial charge < -0.3 is 20.1 Å². The van der Waals surface area contributed by atoms with Crippen molar-refractivity contribution in [1.82, 2.24) is 20.1 Å². The molecule has 132 valence electrons. The quantitative estimate of drug-likeness (QED) is 0.634.